The first kappa shape index (κ1) is 14.5. The molecule has 1 amide bonds. The fourth-order valence-electron chi connectivity index (χ4n) is 2.04. The van der Waals surface area contributed by atoms with Crippen LogP contribution in [0.5, 0.6) is 0 Å². The molecule has 0 aromatic rings. The highest BCUT2D eigenvalue weighted by Gasteiger charge is 2.30. The van der Waals surface area contributed by atoms with E-state index < -0.39 is 0 Å². The van der Waals surface area contributed by atoms with Crippen LogP contribution in [0.2, 0.25) is 0 Å². The Kier molecular flexibility index (Phi) is 5.92. The average molecular weight is 242 g/mol. The Labute approximate surface area is 104 Å². The number of hydrogen-bond acceptors (Lipinski definition) is 3. The summed E-state index contributed by atoms with van der Waals surface area (Å²) in [6.07, 6.45) is 4.09. The van der Waals surface area contributed by atoms with Gasteiger partial charge >= 0.3 is 0 Å². The van der Waals surface area contributed by atoms with Gasteiger partial charge in [0.2, 0.25) is 5.91 Å². The predicted molar refractivity (Wildman–Crippen MR) is 69.0 cm³/mol. The second-order valence-electron chi connectivity index (χ2n) is 5.34. The van der Waals surface area contributed by atoms with Gasteiger partial charge in [0.15, 0.2) is 0 Å². The summed E-state index contributed by atoms with van der Waals surface area (Å²) in [6.45, 7) is 8.67. The molecule has 1 aliphatic heterocycles. The highest BCUT2D eigenvalue weighted by Crippen LogP contribution is 2.28. The molecule has 0 radical (unpaired) electrons. The summed E-state index contributed by atoms with van der Waals surface area (Å²) in [5.41, 5.74) is 0.0326. The molecule has 1 fully saturated rings. The van der Waals surface area contributed by atoms with E-state index in [1.54, 1.807) is 0 Å². The molecule has 0 aromatic carbocycles. The maximum absolute atomic E-state index is 11.3. The zero-order chi connectivity index (χ0) is 12.7. The molecule has 1 heterocycles. The maximum atomic E-state index is 11.3. The first-order valence-electron chi connectivity index (χ1n) is 6.69. The van der Waals surface area contributed by atoms with Crippen molar-refractivity contribution in [3.05, 3.63) is 0 Å². The molecular weight excluding hydrogens is 216 g/mol. The van der Waals surface area contributed by atoms with Crippen LogP contribution in [0, 0.1) is 0 Å². The molecule has 1 saturated heterocycles. The van der Waals surface area contributed by atoms with Crippen molar-refractivity contribution in [2.75, 3.05) is 19.6 Å². The van der Waals surface area contributed by atoms with Crippen molar-refractivity contribution in [2.24, 2.45) is 0 Å². The van der Waals surface area contributed by atoms with E-state index in [0.29, 0.717) is 12.5 Å². The van der Waals surface area contributed by atoms with Crippen molar-refractivity contribution in [2.45, 2.75) is 58.2 Å². The lowest BCUT2D eigenvalue weighted by Crippen LogP contribution is -2.33. The molecule has 1 atom stereocenters. The summed E-state index contributed by atoms with van der Waals surface area (Å²) in [5.74, 6) is 0.132. The van der Waals surface area contributed by atoms with Gasteiger partial charge in [-0.15, -0.1) is 0 Å². The van der Waals surface area contributed by atoms with Crippen LogP contribution >= 0.6 is 0 Å². The molecule has 4 heteroatoms. The second-order valence-corrected chi connectivity index (χ2v) is 5.34. The minimum absolute atomic E-state index is 0.0326. The SMILES string of the molecule is CCCNC(=O)CCNCC1CCC(C)(C)O1. The Bertz CT molecular complexity index is 242. The number of ether oxygens (including phenoxy) is 1. The normalized spacial score (nSPS) is 22.6. The molecule has 1 unspecified atom stereocenters. The number of hydrogen-bond donors (Lipinski definition) is 2. The van der Waals surface area contributed by atoms with Crippen LogP contribution in [0.4, 0.5) is 0 Å². The molecule has 0 spiro atoms. The Morgan fingerprint density at radius 3 is 2.76 bits per heavy atom. The molecular formula is C13H26N2O2. The molecule has 2 N–H and O–H groups in total. The van der Waals surface area contributed by atoms with Crippen LogP contribution in [0.3, 0.4) is 0 Å². The first-order chi connectivity index (χ1) is 8.03. The molecule has 0 aliphatic carbocycles. The molecule has 1 rings (SSSR count). The second kappa shape index (κ2) is 6.97. The van der Waals surface area contributed by atoms with Crippen molar-refractivity contribution in [1.29, 1.82) is 0 Å². The van der Waals surface area contributed by atoms with Gasteiger partial charge in [-0.3, -0.25) is 4.79 Å². The summed E-state index contributed by atoms with van der Waals surface area (Å²) in [7, 11) is 0. The standard InChI is InChI=1S/C13H26N2O2/c1-4-8-15-12(16)6-9-14-10-11-5-7-13(2,3)17-11/h11,14H,4-10H2,1-3H3,(H,15,16). The Hall–Kier alpha value is -0.610. The van der Waals surface area contributed by atoms with E-state index in [0.717, 1.165) is 38.9 Å². The summed E-state index contributed by atoms with van der Waals surface area (Å²) in [5, 5.41) is 6.15. The number of nitrogens with one attached hydrogen (secondary N) is 2. The summed E-state index contributed by atoms with van der Waals surface area (Å²) >= 11 is 0. The van der Waals surface area contributed by atoms with E-state index in [9.17, 15) is 4.79 Å². The summed E-state index contributed by atoms with van der Waals surface area (Å²) < 4.78 is 5.86. The predicted octanol–water partition coefficient (Wildman–Crippen LogP) is 1.45. The van der Waals surface area contributed by atoms with Gasteiger partial charge in [0.05, 0.1) is 11.7 Å². The average Bonchev–Trinajstić information content (AvgIpc) is 2.61. The third kappa shape index (κ3) is 6.03. The van der Waals surface area contributed by atoms with Crippen LogP contribution < -0.4 is 10.6 Å². The molecule has 4 nitrogen and oxygen atoms in total. The van der Waals surface area contributed by atoms with Gasteiger partial charge < -0.3 is 15.4 Å². The van der Waals surface area contributed by atoms with E-state index in [1.807, 2.05) is 0 Å². The molecule has 0 bridgehead atoms. The van der Waals surface area contributed by atoms with Gasteiger partial charge in [-0.05, 0) is 33.1 Å². The van der Waals surface area contributed by atoms with Crippen LogP contribution in [0.1, 0.15) is 46.5 Å². The lowest BCUT2D eigenvalue weighted by Gasteiger charge is -2.19. The summed E-state index contributed by atoms with van der Waals surface area (Å²) in [4.78, 5) is 11.3. The lowest BCUT2D eigenvalue weighted by atomic mass is 10.1. The smallest absolute Gasteiger partial charge is 0.221 e. The van der Waals surface area contributed by atoms with Crippen LogP contribution in [0.15, 0.2) is 0 Å². The molecule has 100 valence electrons. The topological polar surface area (TPSA) is 50.4 Å². The van der Waals surface area contributed by atoms with E-state index in [1.165, 1.54) is 0 Å². The quantitative estimate of drug-likeness (QED) is 0.664. The number of amides is 1. The van der Waals surface area contributed by atoms with Gasteiger partial charge in [-0.2, -0.15) is 0 Å². The molecule has 0 saturated carbocycles. The van der Waals surface area contributed by atoms with E-state index in [2.05, 4.69) is 31.4 Å². The third-order valence-corrected chi connectivity index (χ3v) is 3.03. The van der Waals surface area contributed by atoms with Gasteiger partial charge in [0.1, 0.15) is 0 Å². The number of carbonyl (C=O) groups is 1. The largest absolute Gasteiger partial charge is 0.371 e. The zero-order valence-corrected chi connectivity index (χ0v) is 11.3. The Morgan fingerprint density at radius 1 is 1.41 bits per heavy atom. The fraction of sp³-hybridized carbons (Fsp3) is 0.923. The van der Waals surface area contributed by atoms with Crippen LogP contribution in [0.25, 0.3) is 0 Å². The molecule has 17 heavy (non-hydrogen) atoms. The fourth-order valence-corrected chi connectivity index (χ4v) is 2.04. The zero-order valence-electron chi connectivity index (χ0n) is 11.3. The lowest BCUT2D eigenvalue weighted by molar-refractivity contribution is -0.121. The third-order valence-electron chi connectivity index (χ3n) is 3.03. The Balaban J connectivity index is 1.99. The van der Waals surface area contributed by atoms with Crippen molar-refractivity contribution in [1.82, 2.24) is 10.6 Å². The summed E-state index contributed by atoms with van der Waals surface area (Å²) in [6, 6.07) is 0. The monoisotopic (exact) mass is 242 g/mol. The highest BCUT2D eigenvalue weighted by molar-refractivity contribution is 5.75. The van der Waals surface area contributed by atoms with Crippen LogP contribution in [-0.2, 0) is 9.53 Å². The van der Waals surface area contributed by atoms with Crippen LogP contribution in [-0.4, -0.2) is 37.2 Å². The van der Waals surface area contributed by atoms with Crippen molar-refractivity contribution in [3.63, 3.8) is 0 Å². The number of rotatable bonds is 7. The first-order valence-corrected chi connectivity index (χ1v) is 6.69. The van der Waals surface area contributed by atoms with Gasteiger partial charge in [0, 0.05) is 26.1 Å². The van der Waals surface area contributed by atoms with Crippen molar-refractivity contribution >= 4 is 5.91 Å². The molecule has 1 aliphatic rings. The minimum Gasteiger partial charge on any atom is -0.371 e. The van der Waals surface area contributed by atoms with Gasteiger partial charge in [0.25, 0.3) is 0 Å². The molecule has 0 aromatic heterocycles. The van der Waals surface area contributed by atoms with Crippen molar-refractivity contribution in [3.8, 4) is 0 Å². The van der Waals surface area contributed by atoms with E-state index in [4.69, 9.17) is 4.74 Å². The Morgan fingerprint density at radius 2 is 2.18 bits per heavy atom. The van der Waals surface area contributed by atoms with E-state index in [-0.39, 0.29) is 11.5 Å². The number of carbonyl (C=O) groups excluding carboxylic acids is 1. The highest BCUT2D eigenvalue weighted by atomic mass is 16.5. The minimum atomic E-state index is 0.0326. The van der Waals surface area contributed by atoms with E-state index >= 15 is 0 Å². The van der Waals surface area contributed by atoms with Gasteiger partial charge in [-0.25, -0.2) is 0 Å². The van der Waals surface area contributed by atoms with Crippen molar-refractivity contribution < 1.29 is 9.53 Å². The van der Waals surface area contributed by atoms with Gasteiger partial charge in [-0.1, -0.05) is 6.92 Å². The maximum Gasteiger partial charge on any atom is 0.221 e.